The number of aryl methyl sites for hydroxylation is 1. The van der Waals surface area contributed by atoms with Crippen LogP contribution in [0.25, 0.3) is 0 Å². The molecule has 0 unspecified atom stereocenters. The standard InChI is InChI=1S/C23H22N2O2/c1-17-11-13-18(14-12-17)15-22(26)25-21-10-6-5-9-20(21)23(27)24-16-19-7-3-2-4-8-19/h2-14H,15-16H2,1H3,(H,24,27)(H,25,26). The lowest BCUT2D eigenvalue weighted by Gasteiger charge is -2.12. The van der Waals surface area contributed by atoms with E-state index in [0.717, 1.165) is 16.7 Å². The van der Waals surface area contributed by atoms with E-state index in [0.29, 0.717) is 17.8 Å². The van der Waals surface area contributed by atoms with Gasteiger partial charge in [-0.05, 0) is 30.2 Å². The molecule has 136 valence electrons. The van der Waals surface area contributed by atoms with E-state index in [-0.39, 0.29) is 18.2 Å². The topological polar surface area (TPSA) is 58.2 Å². The first-order valence-corrected chi connectivity index (χ1v) is 8.88. The minimum absolute atomic E-state index is 0.151. The van der Waals surface area contributed by atoms with Gasteiger partial charge in [-0.15, -0.1) is 0 Å². The summed E-state index contributed by atoms with van der Waals surface area (Å²) in [6.07, 6.45) is 0.264. The molecule has 0 radical (unpaired) electrons. The Labute approximate surface area is 159 Å². The number of anilines is 1. The van der Waals surface area contributed by atoms with Gasteiger partial charge >= 0.3 is 0 Å². The average molecular weight is 358 g/mol. The van der Waals surface area contributed by atoms with E-state index in [2.05, 4.69) is 10.6 Å². The highest BCUT2D eigenvalue weighted by Crippen LogP contribution is 2.16. The fourth-order valence-corrected chi connectivity index (χ4v) is 2.75. The first-order valence-electron chi connectivity index (χ1n) is 8.88. The van der Waals surface area contributed by atoms with Gasteiger partial charge < -0.3 is 10.6 Å². The number of hydrogen-bond acceptors (Lipinski definition) is 2. The van der Waals surface area contributed by atoms with Crippen molar-refractivity contribution in [3.63, 3.8) is 0 Å². The summed E-state index contributed by atoms with van der Waals surface area (Å²) < 4.78 is 0. The van der Waals surface area contributed by atoms with E-state index < -0.39 is 0 Å². The van der Waals surface area contributed by atoms with Gasteiger partial charge in [0.2, 0.25) is 5.91 Å². The molecule has 2 N–H and O–H groups in total. The Morgan fingerprint density at radius 1 is 0.778 bits per heavy atom. The Bertz CT molecular complexity index is 919. The Kier molecular flexibility index (Phi) is 6.00. The highest BCUT2D eigenvalue weighted by Gasteiger charge is 2.13. The van der Waals surface area contributed by atoms with Crippen molar-refractivity contribution in [1.29, 1.82) is 0 Å². The highest BCUT2D eigenvalue weighted by molar-refractivity contribution is 6.04. The number of para-hydroxylation sites is 1. The van der Waals surface area contributed by atoms with Gasteiger partial charge in [0.25, 0.3) is 5.91 Å². The molecule has 0 aliphatic rings. The number of carbonyl (C=O) groups is 2. The van der Waals surface area contributed by atoms with Crippen LogP contribution in [0, 0.1) is 6.92 Å². The van der Waals surface area contributed by atoms with Crippen LogP contribution in [0.4, 0.5) is 5.69 Å². The van der Waals surface area contributed by atoms with Crippen LogP contribution in [0.15, 0.2) is 78.9 Å². The molecule has 0 aliphatic carbocycles. The summed E-state index contributed by atoms with van der Waals surface area (Å²) in [4.78, 5) is 24.9. The molecule has 0 spiro atoms. The first-order chi connectivity index (χ1) is 13.1. The summed E-state index contributed by atoms with van der Waals surface area (Å²) in [5.41, 5.74) is 4.07. The second-order valence-corrected chi connectivity index (χ2v) is 6.42. The van der Waals surface area contributed by atoms with Crippen LogP contribution in [0.3, 0.4) is 0 Å². The van der Waals surface area contributed by atoms with Crippen molar-refractivity contribution in [1.82, 2.24) is 5.32 Å². The molecule has 0 saturated heterocycles. The summed E-state index contributed by atoms with van der Waals surface area (Å²) in [5.74, 6) is -0.368. The maximum Gasteiger partial charge on any atom is 0.253 e. The van der Waals surface area contributed by atoms with E-state index in [4.69, 9.17) is 0 Å². The molecule has 0 bridgehead atoms. The van der Waals surface area contributed by atoms with Gasteiger partial charge in [0.05, 0.1) is 17.7 Å². The van der Waals surface area contributed by atoms with Crippen molar-refractivity contribution >= 4 is 17.5 Å². The fraction of sp³-hybridized carbons (Fsp3) is 0.130. The van der Waals surface area contributed by atoms with Crippen LogP contribution in [0.2, 0.25) is 0 Å². The van der Waals surface area contributed by atoms with Crippen LogP contribution in [-0.2, 0) is 17.8 Å². The van der Waals surface area contributed by atoms with E-state index in [9.17, 15) is 9.59 Å². The highest BCUT2D eigenvalue weighted by atomic mass is 16.2. The lowest BCUT2D eigenvalue weighted by molar-refractivity contribution is -0.115. The minimum Gasteiger partial charge on any atom is -0.348 e. The zero-order valence-electron chi connectivity index (χ0n) is 15.2. The molecule has 0 aromatic heterocycles. The second kappa shape index (κ2) is 8.81. The monoisotopic (exact) mass is 358 g/mol. The summed E-state index contributed by atoms with van der Waals surface area (Å²) in [6, 6.07) is 24.6. The molecule has 0 heterocycles. The van der Waals surface area contributed by atoms with E-state index in [1.807, 2.05) is 61.5 Å². The molecule has 2 amide bonds. The Hall–Kier alpha value is -3.40. The number of nitrogens with one attached hydrogen (secondary N) is 2. The van der Waals surface area contributed by atoms with Gasteiger partial charge in [0.1, 0.15) is 0 Å². The van der Waals surface area contributed by atoms with Crippen molar-refractivity contribution in [2.45, 2.75) is 19.9 Å². The summed E-state index contributed by atoms with van der Waals surface area (Å²) in [6.45, 7) is 2.44. The SMILES string of the molecule is Cc1ccc(CC(=O)Nc2ccccc2C(=O)NCc2ccccc2)cc1. The third-order valence-corrected chi connectivity index (χ3v) is 4.23. The van der Waals surface area contributed by atoms with Crippen LogP contribution in [-0.4, -0.2) is 11.8 Å². The minimum atomic E-state index is -0.218. The van der Waals surface area contributed by atoms with Crippen molar-refractivity contribution in [2.75, 3.05) is 5.32 Å². The third-order valence-electron chi connectivity index (χ3n) is 4.23. The Morgan fingerprint density at radius 3 is 2.19 bits per heavy atom. The van der Waals surface area contributed by atoms with Gasteiger partial charge in [-0.2, -0.15) is 0 Å². The average Bonchev–Trinajstić information content (AvgIpc) is 2.69. The van der Waals surface area contributed by atoms with Crippen molar-refractivity contribution in [3.05, 3.63) is 101 Å². The van der Waals surface area contributed by atoms with Gasteiger partial charge in [0.15, 0.2) is 0 Å². The maximum absolute atomic E-state index is 12.6. The number of hydrogen-bond donors (Lipinski definition) is 2. The molecule has 4 nitrogen and oxygen atoms in total. The first kappa shape index (κ1) is 18.4. The molecular weight excluding hydrogens is 336 g/mol. The molecule has 0 fully saturated rings. The van der Waals surface area contributed by atoms with E-state index in [1.54, 1.807) is 24.3 Å². The summed E-state index contributed by atoms with van der Waals surface area (Å²) in [5, 5.41) is 5.75. The Morgan fingerprint density at radius 2 is 1.44 bits per heavy atom. The van der Waals surface area contributed by atoms with E-state index >= 15 is 0 Å². The number of rotatable bonds is 6. The molecule has 0 atom stereocenters. The molecule has 0 aliphatic heterocycles. The van der Waals surface area contributed by atoms with E-state index in [1.165, 1.54) is 0 Å². The van der Waals surface area contributed by atoms with Crippen LogP contribution < -0.4 is 10.6 Å². The number of benzene rings is 3. The molecule has 3 aromatic rings. The van der Waals surface area contributed by atoms with Gasteiger partial charge in [0, 0.05) is 6.54 Å². The summed E-state index contributed by atoms with van der Waals surface area (Å²) in [7, 11) is 0. The number of carbonyl (C=O) groups excluding carboxylic acids is 2. The molecule has 4 heteroatoms. The Balaban J connectivity index is 1.65. The third kappa shape index (κ3) is 5.28. The van der Waals surface area contributed by atoms with Crippen molar-refractivity contribution in [2.24, 2.45) is 0 Å². The van der Waals surface area contributed by atoms with Crippen LogP contribution in [0.1, 0.15) is 27.0 Å². The van der Waals surface area contributed by atoms with Crippen LogP contribution >= 0.6 is 0 Å². The molecule has 27 heavy (non-hydrogen) atoms. The number of amides is 2. The second-order valence-electron chi connectivity index (χ2n) is 6.42. The zero-order valence-corrected chi connectivity index (χ0v) is 15.2. The maximum atomic E-state index is 12.6. The summed E-state index contributed by atoms with van der Waals surface area (Å²) >= 11 is 0. The van der Waals surface area contributed by atoms with Gasteiger partial charge in [-0.25, -0.2) is 0 Å². The lowest BCUT2D eigenvalue weighted by atomic mass is 10.1. The van der Waals surface area contributed by atoms with Crippen molar-refractivity contribution < 1.29 is 9.59 Å². The predicted octanol–water partition coefficient (Wildman–Crippen LogP) is 4.11. The fourth-order valence-electron chi connectivity index (χ4n) is 2.75. The van der Waals surface area contributed by atoms with Gasteiger partial charge in [-0.3, -0.25) is 9.59 Å². The molecule has 3 aromatic carbocycles. The normalized spacial score (nSPS) is 10.3. The largest absolute Gasteiger partial charge is 0.348 e. The van der Waals surface area contributed by atoms with Crippen LogP contribution in [0.5, 0.6) is 0 Å². The molecule has 3 rings (SSSR count). The molecule has 0 saturated carbocycles. The van der Waals surface area contributed by atoms with Crippen molar-refractivity contribution in [3.8, 4) is 0 Å². The van der Waals surface area contributed by atoms with Gasteiger partial charge in [-0.1, -0.05) is 72.3 Å². The predicted molar refractivity (Wildman–Crippen MR) is 108 cm³/mol. The lowest BCUT2D eigenvalue weighted by Crippen LogP contribution is -2.25. The quantitative estimate of drug-likeness (QED) is 0.697. The zero-order chi connectivity index (χ0) is 19.1. The molecular formula is C23H22N2O2. The smallest absolute Gasteiger partial charge is 0.253 e.